The van der Waals surface area contributed by atoms with Crippen LogP contribution >= 0.6 is 0 Å². The van der Waals surface area contributed by atoms with E-state index < -0.39 is 0 Å². The molecular formula is C16H23N3O2. The van der Waals surface area contributed by atoms with Crippen molar-refractivity contribution >= 4 is 11.7 Å². The number of piperidine rings is 1. The van der Waals surface area contributed by atoms with Crippen LogP contribution < -0.4 is 10.2 Å². The number of carbonyl (C=O) groups excluding carboxylic acids is 1. The summed E-state index contributed by atoms with van der Waals surface area (Å²) in [4.78, 5) is 18.0. The second kappa shape index (κ2) is 6.89. The van der Waals surface area contributed by atoms with Gasteiger partial charge in [0.2, 0.25) is 0 Å². The molecule has 21 heavy (non-hydrogen) atoms. The zero-order valence-electron chi connectivity index (χ0n) is 12.3. The number of nitrogens with zero attached hydrogens (tertiary/aromatic N) is 2. The number of nitrogens with one attached hydrogen (secondary N) is 1. The van der Waals surface area contributed by atoms with Crippen molar-refractivity contribution in [2.45, 2.75) is 31.7 Å². The highest BCUT2D eigenvalue weighted by Crippen LogP contribution is 2.23. The molecule has 0 atom stereocenters. The Kier molecular flexibility index (Phi) is 4.70. The minimum Gasteiger partial charge on any atom is -0.464 e. The monoisotopic (exact) mass is 289 g/mol. The molecule has 0 unspecified atom stereocenters. The van der Waals surface area contributed by atoms with Crippen LogP contribution in [0.15, 0.2) is 24.5 Å². The van der Waals surface area contributed by atoms with E-state index in [2.05, 4.69) is 15.2 Å². The molecular weight excluding hydrogens is 266 g/mol. The van der Waals surface area contributed by atoms with E-state index in [9.17, 15) is 4.79 Å². The quantitative estimate of drug-likeness (QED) is 0.806. The summed E-state index contributed by atoms with van der Waals surface area (Å²) in [5.74, 6) is 0.381. The predicted octanol–water partition coefficient (Wildman–Crippen LogP) is 1.59. The van der Waals surface area contributed by atoms with E-state index in [1.54, 1.807) is 0 Å². The minimum atomic E-state index is -0.113. The Morgan fingerprint density at radius 2 is 1.95 bits per heavy atom. The van der Waals surface area contributed by atoms with Gasteiger partial charge in [0.15, 0.2) is 0 Å². The number of aromatic nitrogens is 1. The van der Waals surface area contributed by atoms with E-state index in [-0.39, 0.29) is 5.97 Å². The molecule has 1 aliphatic heterocycles. The van der Waals surface area contributed by atoms with Crippen LogP contribution in [0.1, 0.15) is 25.7 Å². The number of hydrogen-bond donors (Lipinski definition) is 1. The third kappa shape index (κ3) is 4.43. The van der Waals surface area contributed by atoms with Crippen molar-refractivity contribution in [3.05, 3.63) is 24.5 Å². The van der Waals surface area contributed by atoms with Crippen LogP contribution in [0.4, 0.5) is 5.69 Å². The summed E-state index contributed by atoms with van der Waals surface area (Å²) in [5.41, 5.74) is 1.23. The highest BCUT2D eigenvalue weighted by atomic mass is 16.5. The van der Waals surface area contributed by atoms with Crippen molar-refractivity contribution in [3.8, 4) is 0 Å². The van der Waals surface area contributed by atoms with Crippen LogP contribution in [0.3, 0.4) is 0 Å². The molecule has 1 saturated carbocycles. The second-order valence-corrected chi connectivity index (χ2v) is 5.97. The Morgan fingerprint density at radius 1 is 1.24 bits per heavy atom. The summed E-state index contributed by atoms with van der Waals surface area (Å²) in [7, 11) is 0. The molecule has 1 aromatic heterocycles. The SMILES string of the molecule is O=C(CNC1CC1)OCC1CCN(c2ccncc2)CC1. The normalized spacial score (nSPS) is 19.5. The molecule has 5 nitrogen and oxygen atoms in total. The lowest BCUT2D eigenvalue weighted by atomic mass is 9.97. The van der Waals surface area contributed by atoms with Gasteiger partial charge in [-0.15, -0.1) is 0 Å². The van der Waals surface area contributed by atoms with Gasteiger partial charge in [0, 0.05) is 37.2 Å². The first-order valence-electron chi connectivity index (χ1n) is 7.85. The van der Waals surface area contributed by atoms with Gasteiger partial charge in [-0.3, -0.25) is 9.78 Å². The van der Waals surface area contributed by atoms with E-state index in [0.29, 0.717) is 25.1 Å². The summed E-state index contributed by atoms with van der Waals surface area (Å²) < 4.78 is 5.37. The first-order chi connectivity index (χ1) is 10.3. The van der Waals surface area contributed by atoms with E-state index >= 15 is 0 Å². The summed E-state index contributed by atoms with van der Waals surface area (Å²) in [6.07, 6.45) is 8.20. The molecule has 3 rings (SSSR count). The molecule has 1 aromatic rings. The second-order valence-electron chi connectivity index (χ2n) is 5.97. The van der Waals surface area contributed by atoms with Crippen LogP contribution in [-0.4, -0.2) is 43.2 Å². The topological polar surface area (TPSA) is 54.5 Å². The van der Waals surface area contributed by atoms with Crippen LogP contribution in [-0.2, 0) is 9.53 Å². The van der Waals surface area contributed by atoms with Crippen molar-refractivity contribution in [3.63, 3.8) is 0 Å². The maximum absolute atomic E-state index is 11.6. The fourth-order valence-corrected chi connectivity index (χ4v) is 2.69. The van der Waals surface area contributed by atoms with E-state index in [4.69, 9.17) is 4.74 Å². The number of hydrogen-bond acceptors (Lipinski definition) is 5. The van der Waals surface area contributed by atoms with Gasteiger partial charge in [-0.05, 0) is 43.7 Å². The molecule has 114 valence electrons. The van der Waals surface area contributed by atoms with Crippen LogP contribution in [0, 0.1) is 5.92 Å². The van der Waals surface area contributed by atoms with Crippen LogP contribution in [0.2, 0.25) is 0 Å². The molecule has 2 aliphatic rings. The van der Waals surface area contributed by atoms with Crippen LogP contribution in [0.25, 0.3) is 0 Å². The summed E-state index contributed by atoms with van der Waals surface area (Å²) >= 11 is 0. The smallest absolute Gasteiger partial charge is 0.319 e. The highest BCUT2D eigenvalue weighted by molar-refractivity contribution is 5.71. The maximum Gasteiger partial charge on any atom is 0.319 e. The average molecular weight is 289 g/mol. The summed E-state index contributed by atoms with van der Waals surface area (Å²) in [6, 6.07) is 4.65. The Balaban J connectivity index is 1.34. The van der Waals surface area contributed by atoms with Crippen molar-refractivity contribution in [2.24, 2.45) is 5.92 Å². The van der Waals surface area contributed by atoms with E-state index in [1.165, 1.54) is 18.5 Å². The number of anilines is 1. The van der Waals surface area contributed by atoms with E-state index in [0.717, 1.165) is 25.9 Å². The number of pyridine rings is 1. The standard InChI is InChI=1S/C16H23N3O2/c20-16(11-18-14-1-2-14)21-12-13-5-9-19(10-6-13)15-3-7-17-8-4-15/h3-4,7-8,13-14,18H,1-2,5-6,9-12H2. The third-order valence-corrected chi connectivity index (χ3v) is 4.23. The lowest BCUT2D eigenvalue weighted by Gasteiger charge is -2.33. The Morgan fingerprint density at radius 3 is 2.62 bits per heavy atom. The van der Waals surface area contributed by atoms with Gasteiger partial charge in [-0.2, -0.15) is 0 Å². The predicted molar refractivity (Wildman–Crippen MR) is 81.2 cm³/mol. The van der Waals surface area contributed by atoms with Crippen LogP contribution in [0.5, 0.6) is 0 Å². The molecule has 0 spiro atoms. The zero-order valence-corrected chi connectivity index (χ0v) is 12.3. The van der Waals surface area contributed by atoms with Gasteiger partial charge in [-0.25, -0.2) is 0 Å². The molecule has 2 heterocycles. The van der Waals surface area contributed by atoms with Crippen molar-refractivity contribution in [2.75, 3.05) is 31.1 Å². The molecule has 2 fully saturated rings. The first-order valence-corrected chi connectivity index (χ1v) is 7.85. The minimum absolute atomic E-state index is 0.113. The Bertz CT molecular complexity index is 454. The third-order valence-electron chi connectivity index (χ3n) is 4.23. The zero-order chi connectivity index (χ0) is 14.5. The summed E-state index contributed by atoms with van der Waals surface area (Å²) in [6.45, 7) is 2.97. The first kappa shape index (κ1) is 14.3. The van der Waals surface area contributed by atoms with Crippen molar-refractivity contribution < 1.29 is 9.53 Å². The highest BCUT2D eigenvalue weighted by Gasteiger charge is 2.23. The van der Waals surface area contributed by atoms with Gasteiger partial charge >= 0.3 is 5.97 Å². The average Bonchev–Trinajstić information content (AvgIpc) is 3.37. The van der Waals surface area contributed by atoms with Crippen molar-refractivity contribution in [1.82, 2.24) is 10.3 Å². The number of carbonyl (C=O) groups is 1. The number of esters is 1. The lowest BCUT2D eigenvalue weighted by Crippen LogP contribution is -2.36. The Hall–Kier alpha value is -1.62. The molecule has 0 amide bonds. The van der Waals surface area contributed by atoms with Gasteiger partial charge in [0.25, 0.3) is 0 Å². The van der Waals surface area contributed by atoms with Gasteiger partial charge in [0.05, 0.1) is 13.2 Å². The largest absolute Gasteiger partial charge is 0.464 e. The fourth-order valence-electron chi connectivity index (χ4n) is 2.69. The van der Waals surface area contributed by atoms with Crippen molar-refractivity contribution in [1.29, 1.82) is 0 Å². The summed E-state index contributed by atoms with van der Waals surface area (Å²) in [5, 5.41) is 3.18. The van der Waals surface area contributed by atoms with Gasteiger partial charge in [0.1, 0.15) is 0 Å². The maximum atomic E-state index is 11.6. The molecule has 0 bridgehead atoms. The lowest BCUT2D eigenvalue weighted by molar-refractivity contribution is -0.144. The molecule has 0 aromatic carbocycles. The van der Waals surface area contributed by atoms with Gasteiger partial charge in [-0.1, -0.05) is 0 Å². The molecule has 1 aliphatic carbocycles. The molecule has 1 saturated heterocycles. The molecule has 1 N–H and O–H groups in total. The van der Waals surface area contributed by atoms with Gasteiger partial charge < -0.3 is 15.0 Å². The fraction of sp³-hybridized carbons (Fsp3) is 0.625. The molecule has 5 heteroatoms. The van der Waals surface area contributed by atoms with E-state index in [1.807, 2.05) is 24.5 Å². The number of rotatable bonds is 6. The number of ether oxygens (including phenoxy) is 1. The molecule has 0 radical (unpaired) electrons. The Labute approximate surface area is 125 Å².